The minimum absolute atomic E-state index is 0.000928. The van der Waals surface area contributed by atoms with Crippen LogP contribution in [0.25, 0.3) is 0 Å². The number of likely N-dealkylation sites (tertiary alicyclic amines) is 1. The van der Waals surface area contributed by atoms with Gasteiger partial charge in [-0.1, -0.05) is 12.8 Å². The van der Waals surface area contributed by atoms with Crippen LogP contribution in [-0.2, 0) is 15.8 Å². The molecule has 0 radical (unpaired) electrons. The molecule has 4 rings (SSSR count). The average Bonchev–Trinajstić information content (AvgIpc) is 3.23. The highest BCUT2D eigenvalue weighted by atomic mass is 19.4. The number of halogens is 3. The third-order valence-electron chi connectivity index (χ3n) is 6.37. The van der Waals surface area contributed by atoms with Crippen molar-refractivity contribution in [2.24, 2.45) is 5.41 Å². The number of amides is 2. The number of hydrogen-bond acceptors (Lipinski definition) is 3. The van der Waals surface area contributed by atoms with Crippen molar-refractivity contribution in [1.82, 2.24) is 4.90 Å². The number of nitrogens with one attached hydrogen (secondary N) is 2. The highest BCUT2D eigenvalue weighted by Gasteiger charge is 2.53. The molecule has 0 aromatic carbocycles. The fourth-order valence-corrected chi connectivity index (χ4v) is 4.70. The highest BCUT2D eigenvalue weighted by Crippen LogP contribution is 2.46. The lowest BCUT2D eigenvalue weighted by molar-refractivity contribution is -0.908. The molecule has 0 atom stereocenters. The van der Waals surface area contributed by atoms with Crippen molar-refractivity contribution >= 4 is 17.6 Å². The molecule has 1 aromatic heterocycles. The van der Waals surface area contributed by atoms with E-state index in [4.69, 9.17) is 0 Å². The van der Waals surface area contributed by atoms with Crippen LogP contribution >= 0.6 is 0 Å². The Labute approximate surface area is 161 Å². The lowest BCUT2D eigenvalue weighted by Gasteiger charge is -2.31. The Kier molecular flexibility index (Phi) is 4.81. The number of aromatic amines is 1. The number of quaternary nitrogens is 1. The topological polar surface area (TPSA) is 59.2 Å². The maximum atomic E-state index is 12.8. The molecule has 28 heavy (non-hydrogen) atoms. The Morgan fingerprint density at radius 1 is 1.11 bits per heavy atom. The Balaban J connectivity index is 1.33. The van der Waals surface area contributed by atoms with E-state index in [0.29, 0.717) is 32.0 Å². The fourth-order valence-electron chi connectivity index (χ4n) is 4.70. The van der Waals surface area contributed by atoms with E-state index in [0.717, 1.165) is 55.9 Å². The molecule has 1 spiro atoms. The normalized spacial score (nSPS) is 23.2. The maximum absolute atomic E-state index is 12.8. The summed E-state index contributed by atoms with van der Waals surface area (Å²) in [5.41, 5.74) is -1.14. The van der Waals surface area contributed by atoms with E-state index in [9.17, 15) is 22.8 Å². The molecule has 2 N–H and O–H groups in total. The lowest BCUT2D eigenvalue weighted by atomic mass is 9.85. The first-order valence-corrected chi connectivity index (χ1v) is 9.81. The Morgan fingerprint density at radius 2 is 1.79 bits per heavy atom. The van der Waals surface area contributed by atoms with Gasteiger partial charge in [0.05, 0.1) is 11.0 Å². The first-order chi connectivity index (χ1) is 13.3. The summed E-state index contributed by atoms with van der Waals surface area (Å²) in [6.07, 6.45) is 0.651. The molecular formula is C19H25F3N4O2+2. The van der Waals surface area contributed by atoms with Gasteiger partial charge in [0.15, 0.2) is 6.67 Å². The standard InChI is InChI=1S/C19H23F3N4O2/c20-19(21,22)14-3-4-15(23-12-14)25-9-7-24(8-10-25)13-26-16(27)11-18(17(26)28)5-1-2-6-18/h3-4,12H,1-2,5-11,13H2/p+2. The van der Waals surface area contributed by atoms with Gasteiger partial charge in [-0.2, -0.15) is 13.2 Å². The van der Waals surface area contributed by atoms with E-state index in [1.807, 2.05) is 4.90 Å². The molecule has 0 bridgehead atoms. The highest BCUT2D eigenvalue weighted by molar-refractivity contribution is 6.05. The number of carbonyl (C=O) groups is 2. The first kappa shape index (κ1) is 19.2. The SMILES string of the molecule is O=C1CC2(CCCC2)C(=O)N1C[NH+]1CCN(c2ccc(C(F)(F)F)c[nH+]2)CC1. The number of rotatable bonds is 3. The second-order valence-corrected chi connectivity index (χ2v) is 8.15. The summed E-state index contributed by atoms with van der Waals surface area (Å²) < 4.78 is 38.0. The van der Waals surface area contributed by atoms with Crippen LogP contribution in [0.2, 0.25) is 0 Å². The first-order valence-electron chi connectivity index (χ1n) is 9.81. The molecule has 1 saturated carbocycles. The lowest BCUT2D eigenvalue weighted by Crippen LogP contribution is -3.16. The molecule has 2 amide bonds. The van der Waals surface area contributed by atoms with Crippen LogP contribution in [0.4, 0.5) is 19.0 Å². The number of anilines is 1. The van der Waals surface area contributed by atoms with Gasteiger partial charge in [0.2, 0.25) is 11.8 Å². The molecule has 3 fully saturated rings. The number of pyridine rings is 1. The number of H-pyrrole nitrogens is 1. The summed E-state index contributed by atoms with van der Waals surface area (Å²) in [5.74, 6) is 0.587. The summed E-state index contributed by atoms with van der Waals surface area (Å²) in [4.78, 5) is 32.5. The van der Waals surface area contributed by atoms with Crippen molar-refractivity contribution in [3.8, 4) is 0 Å². The van der Waals surface area contributed by atoms with Crippen LogP contribution in [0.15, 0.2) is 18.3 Å². The number of nitrogens with zero attached hydrogens (tertiary/aromatic N) is 2. The minimum atomic E-state index is -4.36. The van der Waals surface area contributed by atoms with E-state index in [-0.39, 0.29) is 11.8 Å². The molecule has 0 unspecified atom stereocenters. The monoisotopic (exact) mass is 398 g/mol. The minimum Gasteiger partial charge on any atom is -0.311 e. The Hall–Kier alpha value is -2.16. The van der Waals surface area contributed by atoms with Crippen molar-refractivity contribution in [1.29, 1.82) is 0 Å². The van der Waals surface area contributed by atoms with Gasteiger partial charge in [-0.3, -0.25) is 14.5 Å². The summed E-state index contributed by atoms with van der Waals surface area (Å²) in [5, 5.41) is 0. The van der Waals surface area contributed by atoms with Crippen LogP contribution < -0.4 is 14.8 Å². The third-order valence-corrected chi connectivity index (χ3v) is 6.37. The quantitative estimate of drug-likeness (QED) is 0.755. The zero-order chi connectivity index (χ0) is 19.9. The zero-order valence-electron chi connectivity index (χ0n) is 15.6. The van der Waals surface area contributed by atoms with Gasteiger partial charge >= 0.3 is 6.18 Å². The van der Waals surface area contributed by atoms with Gasteiger partial charge in [0, 0.05) is 12.5 Å². The van der Waals surface area contributed by atoms with Gasteiger partial charge in [-0.25, -0.2) is 9.88 Å². The van der Waals surface area contributed by atoms with Crippen molar-refractivity contribution in [2.45, 2.75) is 38.3 Å². The number of aromatic nitrogens is 1. The number of piperazine rings is 1. The Morgan fingerprint density at radius 3 is 2.36 bits per heavy atom. The van der Waals surface area contributed by atoms with E-state index in [2.05, 4.69) is 4.98 Å². The van der Waals surface area contributed by atoms with Crippen molar-refractivity contribution < 1.29 is 32.6 Å². The van der Waals surface area contributed by atoms with Gasteiger partial charge < -0.3 is 4.90 Å². The third kappa shape index (κ3) is 3.47. The number of hydrogen-bond donors (Lipinski definition) is 1. The predicted molar refractivity (Wildman–Crippen MR) is 93.1 cm³/mol. The van der Waals surface area contributed by atoms with Crippen molar-refractivity contribution in [2.75, 3.05) is 37.7 Å². The van der Waals surface area contributed by atoms with Crippen LogP contribution in [0, 0.1) is 5.41 Å². The number of carbonyl (C=O) groups excluding carboxylic acids is 2. The number of imide groups is 1. The summed E-state index contributed by atoms with van der Waals surface area (Å²) in [6.45, 7) is 3.14. The second kappa shape index (κ2) is 7.02. The van der Waals surface area contributed by atoms with Crippen LogP contribution in [-0.4, -0.2) is 49.6 Å². The smallest absolute Gasteiger partial charge is 0.311 e. The molecule has 1 aliphatic carbocycles. The zero-order valence-corrected chi connectivity index (χ0v) is 15.6. The average molecular weight is 398 g/mol. The predicted octanol–water partition coefficient (Wildman–Crippen LogP) is 0.501. The van der Waals surface area contributed by atoms with Crippen molar-refractivity contribution in [3.63, 3.8) is 0 Å². The summed E-state index contributed by atoms with van der Waals surface area (Å²) >= 11 is 0. The van der Waals surface area contributed by atoms with Gasteiger partial charge in [-0.05, 0) is 18.9 Å². The largest absolute Gasteiger partial charge is 0.419 e. The molecule has 9 heteroatoms. The van der Waals surface area contributed by atoms with E-state index in [1.54, 1.807) is 0 Å². The molecular weight excluding hydrogens is 373 g/mol. The molecule has 2 aliphatic heterocycles. The molecule has 2 saturated heterocycles. The maximum Gasteiger partial charge on any atom is 0.419 e. The van der Waals surface area contributed by atoms with Crippen molar-refractivity contribution in [3.05, 3.63) is 23.9 Å². The summed E-state index contributed by atoms with van der Waals surface area (Å²) in [7, 11) is 0. The van der Waals surface area contributed by atoms with Gasteiger partial charge in [0.25, 0.3) is 5.82 Å². The van der Waals surface area contributed by atoms with Crippen LogP contribution in [0.1, 0.15) is 37.7 Å². The molecule has 152 valence electrons. The second-order valence-electron chi connectivity index (χ2n) is 8.15. The van der Waals surface area contributed by atoms with Gasteiger partial charge in [0.1, 0.15) is 32.4 Å². The van der Waals surface area contributed by atoms with E-state index in [1.165, 1.54) is 11.0 Å². The molecule has 3 aliphatic rings. The molecule has 1 aromatic rings. The summed E-state index contributed by atoms with van der Waals surface area (Å²) in [6, 6.07) is 2.53. The van der Waals surface area contributed by atoms with Crippen LogP contribution in [0.3, 0.4) is 0 Å². The number of alkyl halides is 3. The van der Waals surface area contributed by atoms with E-state index >= 15 is 0 Å². The van der Waals surface area contributed by atoms with Gasteiger partial charge in [-0.15, -0.1) is 0 Å². The Bertz CT molecular complexity index is 751. The molecule has 6 nitrogen and oxygen atoms in total. The van der Waals surface area contributed by atoms with E-state index < -0.39 is 17.2 Å². The fraction of sp³-hybridized carbons (Fsp3) is 0.632. The molecule has 3 heterocycles. The van der Waals surface area contributed by atoms with Crippen LogP contribution in [0.5, 0.6) is 0 Å².